The van der Waals surface area contributed by atoms with Crippen molar-refractivity contribution in [3.05, 3.63) is 47.4 Å². The average Bonchev–Trinajstić information content (AvgIpc) is 3.07. The van der Waals surface area contributed by atoms with E-state index >= 15 is 0 Å². The summed E-state index contributed by atoms with van der Waals surface area (Å²) in [5, 5.41) is 3.16. The lowest BCUT2D eigenvalue weighted by Gasteiger charge is -2.25. The monoisotopic (exact) mass is 564 g/mol. The van der Waals surface area contributed by atoms with E-state index in [1.807, 2.05) is 34.1 Å². The molecule has 3 heterocycles. The zero-order valence-corrected chi connectivity index (χ0v) is 25.4. The third-order valence-electron chi connectivity index (χ3n) is 6.67. The molecule has 11 nitrogen and oxygen atoms in total. The van der Waals surface area contributed by atoms with E-state index in [1.165, 1.54) is 11.1 Å². The first-order chi connectivity index (χ1) is 20.1. The van der Waals surface area contributed by atoms with Gasteiger partial charge in [0.25, 0.3) is 0 Å². The van der Waals surface area contributed by atoms with Gasteiger partial charge in [-0.15, -0.1) is 0 Å². The highest BCUT2D eigenvalue weighted by atomic mass is 16.5. The van der Waals surface area contributed by atoms with Crippen LogP contribution in [-0.4, -0.2) is 79.8 Å². The molecular weight excluding hydrogens is 520 g/mol. The van der Waals surface area contributed by atoms with Gasteiger partial charge in [-0.25, -0.2) is 9.78 Å². The molecule has 3 aromatic rings. The molecule has 1 aromatic carbocycles. The molecule has 0 fully saturated rings. The third kappa shape index (κ3) is 6.45. The van der Waals surface area contributed by atoms with Crippen LogP contribution in [0.2, 0.25) is 0 Å². The summed E-state index contributed by atoms with van der Waals surface area (Å²) in [5.41, 5.74) is 9.13. The van der Waals surface area contributed by atoms with Gasteiger partial charge >= 0.3 is 5.97 Å². The number of methoxy groups -OCH3 is 1. The van der Waals surface area contributed by atoms with Crippen molar-refractivity contribution in [3.8, 4) is 5.75 Å². The van der Waals surface area contributed by atoms with E-state index in [2.05, 4.69) is 25.1 Å². The van der Waals surface area contributed by atoms with Crippen LogP contribution in [0.5, 0.6) is 5.75 Å². The van der Waals surface area contributed by atoms with E-state index in [0.717, 1.165) is 24.5 Å². The van der Waals surface area contributed by atoms with E-state index in [4.69, 9.17) is 20.2 Å². The molecular formula is C30H42N8O3. The van der Waals surface area contributed by atoms with Crippen LogP contribution in [0.1, 0.15) is 52.2 Å². The smallest absolute Gasteiger partial charge is 0.343 e. The van der Waals surface area contributed by atoms with Crippen molar-refractivity contribution in [1.82, 2.24) is 19.9 Å². The number of anilines is 6. The Bertz CT molecular complexity index is 1510. The van der Waals surface area contributed by atoms with Crippen LogP contribution in [0.15, 0.2) is 30.5 Å². The minimum absolute atomic E-state index is 0.0247. The number of carbonyl (C=O) groups excluding carboxylic acids is 1. The molecule has 1 aliphatic heterocycles. The molecule has 0 unspecified atom stereocenters. The van der Waals surface area contributed by atoms with Crippen molar-refractivity contribution in [1.29, 1.82) is 0 Å². The number of nitrogens with one attached hydrogen (secondary N) is 1. The number of nitrogen functional groups attached to an aromatic ring is 1. The fraction of sp³-hybridized carbons (Fsp3) is 0.467. The quantitative estimate of drug-likeness (QED) is 0.267. The SMILES string of the molecule is [2H]C1([2H])N(c2nc(Nc3cc(N)c(N(C)CCN(C)C)cc3OC)ncc2C(=O)OC(C)C)c2ccc(C)nc2C1(C)C. The fourth-order valence-electron chi connectivity index (χ4n) is 4.55. The maximum Gasteiger partial charge on any atom is 0.343 e. The molecule has 41 heavy (non-hydrogen) atoms. The van der Waals surface area contributed by atoms with Gasteiger partial charge in [-0.05, 0) is 53.1 Å². The summed E-state index contributed by atoms with van der Waals surface area (Å²) in [5.74, 6) is 0.0184. The van der Waals surface area contributed by atoms with Crippen molar-refractivity contribution in [3.63, 3.8) is 0 Å². The van der Waals surface area contributed by atoms with Crippen molar-refractivity contribution in [2.75, 3.05) is 68.7 Å². The Labute approximate surface area is 245 Å². The lowest BCUT2D eigenvalue weighted by Crippen LogP contribution is -2.29. The first-order valence-electron chi connectivity index (χ1n) is 14.5. The number of likely N-dealkylation sites (N-methyl/N-ethyl adjacent to an activating group) is 2. The molecule has 4 rings (SSSR count). The zero-order chi connectivity index (χ0) is 31.9. The van der Waals surface area contributed by atoms with Crippen LogP contribution in [-0.2, 0) is 10.2 Å². The lowest BCUT2D eigenvalue weighted by atomic mass is 9.91. The van der Waals surface area contributed by atoms with Gasteiger partial charge in [0.05, 0.1) is 44.4 Å². The number of hydrogen-bond donors (Lipinski definition) is 2. The Morgan fingerprint density at radius 2 is 1.95 bits per heavy atom. The molecule has 0 spiro atoms. The van der Waals surface area contributed by atoms with E-state index in [1.54, 1.807) is 53.0 Å². The summed E-state index contributed by atoms with van der Waals surface area (Å²) >= 11 is 0. The summed E-state index contributed by atoms with van der Waals surface area (Å²) in [6.07, 6.45) is 0.945. The standard InChI is InChI=1S/C30H42N8O3/c1-18(2)41-28(39)20-16-32-29(35-27(20)38-17-30(4,5)26-23(38)11-10-19(3)33-26)34-22-14-21(31)24(15-25(22)40-9)37(8)13-12-36(6)7/h10-11,14-16,18H,12-13,17,31H2,1-9H3,(H,32,34,35)/i17D2. The van der Waals surface area contributed by atoms with E-state index in [9.17, 15) is 7.54 Å². The van der Waals surface area contributed by atoms with Crippen LogP contribution in [0, 0.1) is 6.92 Å². The maximum absolute atomic E-state index is 13.3. The van der Waals surface area contributed by atoms with Gasteiger partial charge in [-0.1, -0.05) is 13.8 Å². The predicted molar refractivity (Wildman–Crippen MR) is 164 cm³/mol. The van der Waals surface area contributed by atoms with Crippen LogP contribution in [0.3, 0.4) is 0 Å². The average molecular weight is 565 g/mol. The van der Waals surface area contributed by atoms with Gasteiger partial charge < -0.3 is 35.2 Å². The summed E-state index contributed by atoms with van der Waals surface area (Å²) in [6, 6.07) is 7.19. The number of aryl methyl sites for hydroxylation is 1. The molecule has 0 amide bonds. The van der Waals surface area contributed by atoms with Gasteiger partial charge in [0.15, 0.2) is 5.82 Å². The number of aromatic nitrogens is 3. The Morgan fingerprint density at radius 3 is 2.61 bits per heavy atom. The molecule has 3 N–H and O–H groups in total. The Hall–Kier alpha value is -4.12. The van der Waals surface area contributed by atoms with Crippen LogP contribution < -0.4 is 25.6 Å². The highest BCUT2D eigenvalue weighted by molar-refractivity contribution is 5.96. The van der Waals surface area contributed by atoms with Crippen molar-refractivity contribution < 1.29 is 17.0 Å². The Kier molecular flexibility index (Phi) is 7.78. The van der Waals surface area contributed by atoms with Gasteiger partial charge in [0.1, 0.15) is 11.3 Å². The summed E-state index contributed by atoms with van der Waals surface area (Å²) in [7, 11) is 7.55. The van der Waals surface area contributed by atoms with E-state index in [-0.39, 0.29) is 17.3 Å². The molecule has 0 bridgehead atoms. The van der Waals surface area contributed by atoms with Crippen LogP contribution >= 0.6 is 0 Å². The number of pyridine rings is 1. The second kappa shape index (κ2) is 11.8. The molecule has 0 saturated carbocycles. The molecule has 1 aliphatic rings. The zero-order valence-electron chi connectivity index (χ0n) is 27.4. The van der Waals surface area contributed by atoms with Gasteiger partial charge in [0.2, 0.25) is 5.95 Å². The molecule has 0 saturated heterocycles. The highest BCUT2D eigenvalue weighted by Gasteiger charge is 2.39. The largest absolute Gasteiger partial charge is 0.494 e. The third-order valence-corrected chi connectivity index (χ3v) is 6.67. The molecule has 0 aliphatic carbocycles. The summed E-state index contributed by atoms with van der Waals surface area (Å²) in [4.78, 5) is 32.6. The Balaban J connectivity index is 1.82. The Morgan fingerprint density at radius 1 is 1.22 bits per heavy atom. The minimum atomic E-state index is -2.00. The number of rotatable bonds is 10. The highest BCUT2D eigenvalue weighted by Crippen LogP contribution is 2.44. The first kappa shape index (κ1) is 27.1. The first-order valence-corrected chi connectivity index (χ1v) is 13.5. The van der Waals surface area contributed by atoms with Crippen LogP contribution in [0.25, 0.3) is 0 Å². The second-order valence-corrected chi connectivity index (χ2v) is 11.2. The second-order valence-electron chi connectivity index (χ2n) is 11.2. The maximum atomic E-state index is 13.3. The van der Waals surface area contributed by atoms with Crippen molar-refractivity contribution >= 4 is 40.5 Å². The molecule has 11 heteroatoms. The predicted octanol–water partition coefficient (Wildman–Crippen LogP) is 4.51. The topological polar surface area (TPSA) is 122 Å². The summed E-state index contributed by atoms with van der Waals surface area (Å²) in [6.45, 7) is 8.52. The van der Waals surface area contributed by atoms with Gasteiger partial charge in [0, 0.05) is 50.0 Å². The van der Waals surface area contributed by atoms with Crippen molar-refractivity contribution in [2.45, 2.75) is 46.1 Å². The number of benzene rings is 1. The molecule has 0 radical (unpaired) electrons. The lowest BCUT2D eigenvalue weighted by molar-refractivity contribution is 0.0378. The summed E-state index contributed by atoms with van der Waals surface area (Å²) < 4.78 is 29.6. The molecule has 220 valence electrons. The number of nitrogens with two attached hydrogens (primary N) is 1. The van der Waals surface area contributed by atoms with E-state index in [0.29, 0.717) is 28.5 Å². The number of fused-ring (bicyclic) bond motifs is 1. The number of nitrogens with zero attached hydrogens (tertiary/aromatic N) is 6. The number of esters is 1. The number of carbonyl (C=O) groups is 1. The molecule has 2 aromatic heterocycles. The number of ether oxygens (including phenoxy) is 2. The number of hydrogen-bond acceptors (Lipinski definition) is 11. The van der Waals surface area contributed by atoms with Crippen molar-refractivity contribution in [2.24, 2.45) is 0 Å². The minimum Gasteiger partial charge on any atom is -0.494 e. The molecule has 0 atom stereocenters. The normalized spacial score (nSPS) is 15.8. The fourth-order valence-corrected chi connectivity index (χ4v) is 4.55. The van der Waals surface area contributed by atoms with E-state index < -0.39 is 24.0 Å². The van der Waals surface area contributed by atoms with Crippen LogP contribution in [0.4, 0.5) is 34.5 Å². The van der Waals surface area contributed by atoms with Gasteiger partial charge in [-0.3, -0.25) is 4.98 Å². The van der Waals surface area contributed by atoms with Gasteiger partial charge in [-0.2, -0.15) is 4.98 Å².